The van der Waals surface area contributed by atoms with Crippen LogP contribution in [0, 0.1) is 17.1 Å². The quantitative estimate of drug-likeness (QED) is 0.386. The van der Waals surface area contributed by atoms with Crippen molar-refractivity contribution in [2.75, 3.05) is 12.4 Å². The Morgan fingerprint density at radius 2 is 1.90 bits per heavy atom. The minimum absolute atomic E-state index is 0.0115. The first-order valence-corrected chi connectivity index (χ1v) is 9.61. The Morgan fingerprint density at radius 1 is 1.16 bits per heavy atom. The molecule has 7 heteroatoms. The highest BCUT2D eigenvalue weighted by Gasteiger charge is 2.14. The van der Waals surface area contributed by atoms with E-state index in [1.165, 1.54) is 31.4 Å². The largest absolute Gasteiger partial charge is 0.497 e. The van der Waals surface area contributed by atoms with Crippen molar-refractivity contribution in [2.24, 2.45) is 0 Å². The smallest absolute Gasteiger partial charge is 0.266 e. The summed E-state index contributed by atoms with van der Waals surface area (Å²) in [5, 5.41) is 12.5. The van der Waals surface area contributed by atoms with E-state index in [1.807, 2.05) is 18.2 Å². The predicted octanol–water partition coefficient (Wildman–Crippen LogP) is 5.61. The molecule has 0 aliphatic rings. The molecule has 0 heterocycles. The number of amides is 1. The molecule has 0 spiro atoms. The number of nitriles is 1. The Balaban J connectivity index is 1.86. The van der Waals surface area contributed by atoms with E-state index in [-0.39, 0.29) is 17.9 Å². The summed E-state index contributed by atoms with van der Waals surface area (Å²) in [5.41, 5.74) is 1.17. The number of para-hydroxylation sites is 1. The van der Waals surface area contributed by atoms with Crippen molar-refractivity contribution in [3.05, 3.63) is 94.3 Å². The van der Waals surface area contributed by atoms with Crippen LogP contribution in [0.4, 0.5) is 10.1 Å². The van der Waals surface area contributed by atoms with Crippen LogP contribution in [0.25, 0.3) is 6.08 Å². The molecule has 0 saturated carbocycles. The summed E-state index contributed by atoms with van der Waals surface area (Å²) < 4.78 is 25.0. The van der Waals surface area contributed by atoms with Gasteiger partial charge < -0.3 is 14.8 Å². The van der Waals surface area contributed by atoms with Crippen LogP contribution in [0.2, 0.25) is 5.02 Å². The van der Waals surface area contributed by atoms with Gasteiger partial charge in [-0.15, -0.1) is 0 Å². The molecular weight excluding hydrogens is 419 g/mol. The summed E-state index contributed by atoms with van der Waals surface area (Å²) in [6, 6.07) is 19.8. The maximum absolute atomic E-state index is 13.8. The molecule has 31 heavy (non-hydrogen) atoms. The second kappa shape index (κ2) is 10.3. The van der Waals surface area contributed by atoms with Crippen molar-refractivity contribution in [3.8, 4) is 17.6 Å². The SMILES string of the molecule is COc1ccc(/C=C(\C#N)C(=O)Nc2ccccc2F)c(OCc2ccc(Cl)cc2)c1. The molecule has 0 saturated heterocycles. The van der Waals surface area contributed by atoms with Crippen LogP contribution < -0.4 is 14.8 Å². The third-order valence-corrected chi connectivity index (χ3v) is 4.57. The molecule has 5 nitrogen and oxygen atoms in total. The average molecular weight is 437 g/mol. The second-order valence-corrected chi connectivity index (χ2v) is 6.86. The van der Waals surface area contributed by atoms with Crippen LogP contribution in [0.15, 0.2) is 72.3 Å². The van der Waals surface area contributed by atoms with Crippen LogP contribution in [0.5, 0.6) is 11.5 Å². The molecule has 0 atom stereocenters. The summed E-state index contributed by atoms with van der Waals surface area (Å²) in [6.45, 7) is 0.245. The fourth-order valence-electron chi connectivity index (χ4n) is 2.68. The third-order valence-electron chi connectivity index (χ3n) is 4.32. The first kappa shape index (κ1) is 21.9. The van der Waals surface area contributed by atoms with E-state index in [2.05, 4.69) is 5.32 Å². The Hall–Kier alpha value is -3.82. The zero-order chi connectivity index (χ0) is 22.2. The fourth-order valence-corrected chi connectivity index (χ4v) is 2.81. The van der Waals surface area contributed by atoms with E-state index in [4.69, 9.17) is 21.1 Å². The summed E-state index contributed by atoms with van der Waals surface area (Å²) in [4.78, 5) is 12.5. The average Bonchev–Trinajstić information content (AvgIpc) is 2.79. The molecule has 156 valence electrons. The van der Waals surface area contributed by atoms with Crippen molar-refractivity contribution in [1.82, 2.24) is 0 Å². The maximum Gasteiger partial charge on any atom is 0.266 e. The minimum atomic E-state index is -0.730. The van der Waals surface area contributed by atoms with Gasteiger partial charge in [-0.2, -0.15) is 5.26 Å². The van der Waals surface area contributed by atoms with Crippen LogP contribution in [0.1, 0.15) is 11.1 Å². The highest BCUT2D eigenvalue weighted by Crippen LogP contribution is 2.28. The monoisotopic (exact) mass is 436 g/mol. The van der Waals surface area contributed by atoms with Gasteiger partial charge in [0.15, 0.2) is 0 Å². The van der Waals surface area contributed by atoms with E-state index in [9.17, 15) is 14.4 Å². The summed E-state index contributed by atoms with van der Waals surface area (Å²) in [5.74, 6) is -0.352. The van der Waals surface area contributed by atoms with Gasteiger partial charge >= 0.3 is 0 Å². The first-order valence-electron chi connectivity index (χ1n) is 9.23. The Kier molecular flexibility index (Phi) is 7.26. The Labute approximate surface area is 184 Å². The number of ether oxygens (including phenoxy) is 2. The van der Waals surface area contributed by atoms with Gasteiger partial charge in [-0.1, -0.05) is 35.9 Å². The maximum atomic E-state index is 13.8. The van der Waals surface area contributed by atoms with Gasteiger partial charge in [0.05, 0.1) is 12.8 Å². The molecule has 3 aromatic carbocycles. The van der Waals surface area contributed by atoms with E-state index >= 15 is 0 Å². The van der Waals surface area contributed by atoms with Crippen LogP contribution in [-0.2, 0) is 11.4 Å². The van der Waals surface area contributed by atoms with Gasteiger partial charge in [0.25, 0.3) is 5.91 Å². The van der Waals surface area contributed by atoms with Crippen molar-refractivity contribution in [3.63, 3.8) is 0 Å². The van der Waals surface area contributed by atoms with Crippen molar-refractivity contribution in [2.45, 2.75) is 6.61 Å². The Morgan fingerprint density at radius 3 is 2.58 bits per heavy atom. The number of benzene rings is 3. The van der Waals surface area contributed by atoms with E-state index in [0.717, 1.165) is 5.56 Å². The van der Waals surface area contributed by atoms with E-state index < -0.39 is 11.7 Å². The highest BCUT2D eigenvalue weighted by molar-refractivity contribution is 6.30. The number of nitrogens with one attached hydrogen (secondary N) is 1. The number of anilines is 1. The molecular formula is C24H18ClFN2O3. The number of rotatable bonds is 7. The molecule has 0 aliphatic carbocycles. The van der Waals surface area contributed by atoms with Gasteiger partial charge in [0.2, 0.25) is 0 Å². The van der Waals surface area contributed by atoms with Crippen LogP contribution in [0.3, 0.4) is 0 Å². The van der Waals surface area contributed by atoms with E-state index in [0.29, 0.717) is 22.1 Å². The molecule has 0 fully saturated rings. The summed E-state index contributed by atoms with van der Waals surface area (Å²) in [7, 11) is 1.52. The highest BCUT2D eigenvalue weighted by atomic mass is 35.5. The number of hydrogen-bond acceptors (Lipinski definition) is 4. The summed E-state index contributed by atoms with van der Waals surface area (Å²) in [6.07, 6.45) is 1.38. The fraction of sp³-hybridized carbons (Fsp3) is 0.0833. The molecule has 3 aromatic rings. The van der Waals surface area contributed by atoms with Gasteiger partial charge in [-0.25, -0.2) is 4.39 Å². The van der Waals surface area contributed by atoms with Crippen LogP contribution in [-0.4, -0.2) is 13.0 Å². The van der Waals surface area contributed by atoms with Gasteiger partial charge in [-0.3, -0.25) is 4.79 Å². The lowest BCUT2D eigenvalue weighted by Gasteiger charge is -2.12. The normalized spacial score (nSPS) is 10.8. The standard InChI is InChI=1S/C24H18ClFN2O3/c1-30-20-11-8-17(23(13-20)31-15-16-6-9-19(25)10-7-16)12-18(14-27)24(29)28-22-5-3-2-4-21(22)26/h2-13H,15H2,1H3,(H,28,29)/b18-12+. The number of carbonyl (C=O) groups excluding carboxylic acids is 1. The molecule has 0 radical (unpaired) electrons. The zero-order valence-electron chi connectivity index (χ0n) is 16.6. The number of nitrogens with zero attached hydrogens (tertiary/aromatic N) is 1. The van der Waals surface area contributed by atoms with Crippen LogP contribution >= 0.6 is 11.6 Å². The third kappa shape index (κ3) is 5.84. The number of methoxy groups -OCH3 is 1. The molecule has 3 rings (SSSR count). The molecule has 1 amide bonds. The predicted molar refractivity (Wildman–Crippen MR) is 117 cm³/mol. The zero-order valence-corrected chi connectivity index (χ0v) is 17.3. The molecule has 0 unspecified atom stereocenters. The van der Waals surface area contributed by atoms with Crippen molar-refractivity contribution >= 4 is 29.3 Å². The number of hydrogen-bond donors (Lipinski definition) is 1. The lowest BCUT2D eigenvalue weighted by atomic mass is 10.1. The van der Waals surface area contributed by atoms with Gasteiger partial charge in [0, 0.05) is 16.7 Å². The topological polar surface area (TPSA) is 71.3 Å². The molecule has 1 N–H and O–H groups in total. The molecule has 0 bridgehead atoms. The van der Waals surface area contributed by atoms with Gasteiger partial charge in [-0.05, 0) is 48.0 Å². The lowest BCUT2D eigenvalue weighted by Crippen LogP contribution is -2.14. The van der Waals surface area contributed by atoms with Crippen molar-refractivity contribution < 1.29 is 18.7 Å². The lowest BCUT2D eigenvalue weighted by molar-refractivity contribution is -0.112. The van der Waals surface area contributed by atoms with Crippen molar-refractivity contribution in [1.29, 1.82) is 5.26 Å². The first-order chi connectivity index (χ1) is 15.0. The molecule has 0 aliphatic heterocycles. The minimum Gasteiger partial charge on any atom is -0.497 e. The second-order valence-electron chi connectivity index (χ2n) is 6.42. The van der Waals surface area contributed by atoms with Gasteiger partial charge in [0.1, 0.15) is 35.6 Å². The van der Waals surface area contributed by atoms with E-state index in [1.54, 1.807) is 36.4 Å². The number of halogens is 2. The molecule has 0 aromatic heterocycles. The Bertz CT molecular complexity index is 1150. The summed E-state index contributed by atoms with van der Waals surface area (Å²) >= 11 is 5.91. The number of carbonyl (C=O) groups is 1.